The van der Waals surface area contributed by atoms with Gasteiger partial charge < -0.3 is 4.74 Å². The van der Waals surface area contributed by atoms with Gasteiger partial charge in [-0.15, -0.1) is 0 Å². The number of nitrogens with zero attached hydrogens (tertiary/aromatic N) is 2. The lowest BCUT2D eigenvalue weighted by Gasteiger charge is -2.07. The van der Waals surface area contributed by atoms with Crippen LogP contribution in [0.25, 0.3) is 10.8 Å². The molecule has 0 spiro atoms. The molecule has 0 amide bonds. The van der Waals surface area contributed by atoms with Crippen molar-refractivity contribution in [3.8, 4) is 5.75 Å². The summed E-state index contributed by atoms with van der Waals surface area (Å²) in [5.41, 5.74) is 0.936. The fraction of sp³-hybridized carbons (Fsp3) is 0.133. The Kier molecular flexibility index (Phi) is 2.73. The Bertz CT molecular complexity index is 668. The van der Waals surface area contributed by atoms with Gasteiger partial charge in [-0.05, 0) is 17.5 Å². The standard InChI is InChI=1S/C15H14N2O/c1-17-10-9-13(16-17)11-18-15-8-4-6-12-5-2-3-7-14(12)15/h2-10H,11H2,1H3. The molecule has 0 radical (unpaired) electrons. The minimum absolute atomic E-state index is 0.495. The van der Waals surface area contributed by atoms with E-state index in [4.69, 9.17) is 4.74 Å². The molecule has 0 aliphatic rings. The van der Waals surface area contributed by atoms with Crippen LogP contribution in [0.2, 0.25) is 0 Å². The second-order valence-corrected chi connectivity index (χ2v) is 4.25. The minimum atomic E-state index is 0.495. The van der Waals surface area contributed by atoms with Gasteiger partial charge >= 0.3 is 0 Å². The summed E-state index contributed by atoms with van der Waals surface area (Å²) in [6.07, 6.45) is 1.92. The molecule has 0 saturated carbocycles. The molecule has 0 aliphatic heterocycles. The Morgan fingerprint density at radius 3 is 2.72 bits per heavy atom. The van der Waals surface area contributed by atoms with Crippen LogP contribution < -0.4 is 4.74 Å². The number of benzene rings is 2. The van der Waals surface area contributed by atoms with Crippen molar-refractivity contribution < 1.29 is 4.74 Å². The number of hydrogen-bond acceptors (Lipinski definition) is 2. The van der Waals surface area contributed by atoms with Crippen LogP contribution in [0.3, 0.4) is 0 Å². The highest BCUT2D eigenvalue weighted by Crippen LogP contribution is 2.25. The molecular weight excluding hydrogens is 224 g/mol. The summed E-state index contributed by atoms with van der Waals surface area (Å²) >= 11 is 0. The van der Waals surface area contributed by atoms with Crippen LogP contribution >= 0.6 is 0 Å². The molecule has 0 atom stereocenters. The number of ether oxygens (including phenoxy) is 1. The molecule has 0 aliphatic carbocycles. The number of rotatable bonds is 3. The first-order chi connectivity index (χ1) is 8.83. The van der Waals surface area contributed by atoms with Crippen molar-refractivity contribution in [1.29, 1.82) is 0 Å². The van der Waals surface area contributed by atoms with Gasteiger partial charge in [-0.1, -0.05) is 36.4 Å². The zero-order chi connectivity index (χ0) is 12.4. The van der Waals surface area contributed by atoms with Crippen LogP contribution in [0, 0.1) is 0 Å². The predicted molar refractivity (Wildman–Crippen MR) is 71.5 cm³/mol. The van der Waals surface area contributed by atoms with Gasteiger partial charge in [-0.2, -0.15) is 5.10 Å². The molecule has 0 bridgehead atoms. The van der Waals surface area contributed by atoms with Crippen LogP contribution in [0.1, 0.15) is 5.69 Å². The summed E-state index contributed by atoms with van der Waals surface area (Å²) in [5, 5.41) is 6.62. The molecular formula is C15H14N2O. The maximum absolute atomic E-state index is 5.84. The molecule has 3 nitrogen and oxygen atoms in total. The first kappa shape index (κ1) is 10.8. The molecule has 2 aromatic carbocycles. The number of fused-ring (bicyclic) bond motifs is 1. The second kappa shape index (κ2) is 4.53. The number of aryl methyl sites for hydroxylation is 1. The fourth-order valence-electron chi connectivity index (χ4n) is 2.01. The molecule has 1 heterocycles. The van der Waals surface area contributed by atoms with Crippen LogP contribution in [0.15, 0.2) is 54.7 Å². The zero-order valence-electron chi connectivity index (χ0n) is 10.2. The lowest BCUT2D eigenvalue weighted by molar-refractivity contribution is 0.304. The Labute approximate surface area is 106 Å². The molecule has 18 heavy (non-hydrogen) atoms. The van der Waals surface area contributed by atoms with E-state index in [1.807, 2.05) is 43.6 Å². The Morgan fingerprint density at radius 1 is 1.06 bits per heavy atom. The van der Waals surface area contributed by atoms with Gasteiger partial charge in [0.2, 0.25) is 0 Å². The van der Waals surface area contributed by atoms with E-state index in [2.05, 4.69) is 23.3 Å². The third kappa shape index (κ3) is 2.07. The zero-order valence-corrected chi connectivity index (χ0v) is 10.2. The first-order valence-corrected chi connectivity index (χ1v) is 5.92. The summed E-state index contributed by atoms with van der Waals surface area (Å²) in [6, 6.07) is 16.3. The second-order valence-electron chi connectivity index (χ2n) is 4.25. The van der Waals surface area contributed by atoms with Crippen LogP contribution in [0.5, 0.6) is 5.75 Å². The molecule has 0 saturated heterocycles. The summed E-state index contributed by atoms with van der Waals surface area (Å²) in [6.45, 7) is 0.495. The highest BCUT2D eigenvalue weighted by molar-refractivity contribution is 5.88. The van der Waals surface area contributed by atoms with Crippen molar-refractivity contribution in [3.05, 3.63) is 60.4 Å². The van der Waals surface area contributed by atoms with Crippen molar-refractivity contribution >= 4 is 10.8 Å². The van der Waals surface area contributed by atoms with Gasteiger partial charge in [0.1, 0.15) is 12.4 Å². The van der Waals surface area contributed by atoms with E-state index in [1.165, 1.54) is 5.39 Å². The van der Waals surface area contributed by atoms with E-state index in [0.29, 0.717) is 6.61 Å². The van der Waals surface area contributed by atoms with E-state index in [9.17, 15) is 0 Å². The van der Waals surface area contributed by atoms with E-state index >= 15 is 0 Å². The fourth-order valence-corrected chi connectivity index (χ4v) is 2.01. The average molecular weight is 238 g/mol. The first-order valence-electron chi connectivity index (χ1n) is 5.92. The number of hydrogen-bond donors (Lipinski definition) is 0. The normalized spacial score (nSPS) is 10.7. The SMILES string of the molecule is Cn1ccc(COc2cccc3ccccc23)n1. The maximum atomic E-state index is 5.84. The molecule has 3 heteroatoms. The van der Waals surface area contributed by atoms with Gasteiger partial charge in [0, 0.05) is 18.6 Å². The maximum Gasteiger partial charge on any atom is 0.132 e. The molecule has 0 unspecified atom stereocenters. The Morgan fingerprint density at radius 2 is 1.89 bits per heavy atom. The van der Waals surface area contributed by atoms with E-state index in [0.717, 1.165) is 16.8 Å². The van der Waals surface area contributed by atoms with Crippen molar-refractivity contribution in [1.82, 2.24) is 9.78 Å². The highest BCUT2D eigenvalue weighted by Gasteiger charge is 2.02. The summed E-state index contributed by atoms with van der Waals surface area (Å²) < 4.78 is 7.62. The quantitative estimate of drug-likeness (QED) is 0.701. The van der Waals surface area contributed by atoms with Crippen molar-refractivity contribution in [2.75, 3.05) is 0 Å². The lowest BCUT2D eigenvalue weighted by atomic mass is 10.1. The third-order valence-electron chi connectivity index (χ3n) is 2.89. The smallest absolute Gasteiger partial charge is 0.132 e. The van der Waals surface area contributed by atoms with E-state index in [1.54, 1.807) is 4.68 Å². The largest absolute Gasteiger partial charge is 0.487 e. The van der Waals surface area contributed by atoms with E-state index < -0.39 is 0 Å². The average Bonchev–Trinajstić information content (AvgIpc) is 2.82. The molecule has 1 aromatic heterocycles. The van der Waals surface area contributed by atoms with Crippen LogP contribution in [-0.2, 0) is 13.7 Å². The molecule has 3 rings (SSSR count). The molecule has 90 valence electrons. The summed E-state index contributed by atoms with van der Waals surface area (Å²) in [5.74, 6) is 0.902. The highest BCUT2D eigenvalue weighted by atomic mass is 16.5. The van der Waals surface area contributed by atoms with Gasteiger partial charge in [0.25, 0.3) is 0 Å². The molecule has 3 aromatic rings. The van der Waals surface area contributed by atoms with Gasteiger partial charge in [0.05, 0.1) is 5.69 Å². The predicted octanol–water partition coefficient (Wildman–Crippen LogP) is 3.15. The lowest BCUT2D eigenvalue weighted by Crippen LogP contribution is -1.98. The van der Waals surface area contributed by atoms with E-state index in [-0.39, 0.29) is 0 Å². The summed E-state index contributed by atoms with van der Waals surface area (Å²) in [4.78, 5) is 0. The minimum Gasteiger partial charge on any atom is -0.487 e. The van der Waals surface area contributed by atoms with Crippen molar-refractivity contribution in [2.45, 2.75) is 6.61 Å². The molecule has 0 N–H and O–H groups in total. The monoisotopic (exact) mass is 238 g/mol. The van der Waals surface area contributed by atoms with Crippen LogP contribution in [-0.4, -0.2) is 9.78 Å². The Balaban J connectivity index is 1.86. The summed E-state index contributed by atoms with van der Waals surface area (Å²) in [7, 11) is 1.90. The number of aromatic nitrogens is 2. The van der Waals surface area contributed by atoms with Crippen molar-refractivity contribution in [3.63, 3.8) is 0 Å². The van der Waals surface area contributed by atoms with Gasteiger partial charge in [0.15, 0.2) is 0 Å². The van der Waals surface area contributed by atoms with Gasteiger partial charge in [-0.3, -0.25) is 4.68 Å². The van der Waals surface area contributed by atoms with Gasteiger partial charge in [-0.25, -0.2) is 0 Å². The molecule has 0 fully saturated rings. The van der Waals surface area contributed by atoms with Crippen LogP contribution in [0.4, 0.5) is 0 Å². The topological polar surface area (TPSA) is 27.1 Å². The van der Waals surface area contributed by atoms with Crippen molar-refractivity contribution in [2.24, 2.45) is 7.05 Å². The third-order valence-corrected chi connectivity index (χ3v) is 2.89. The Hall–Kier alpha value is -2.29.